The first-order valence-corrected chi connectivity index (χ1v) is 12.1. The molecule has 17 heteroatoms. The van der Waals surface area contributed by atoms with E-state index in [1.54, 1.807) is 13.1 Å². The summed E-state index contributed by atoms with van der Waals surface area (Å²) in [5, 5.41) is 25.7. The number of carboxylic acid groups (broad SMARTS) is 1. The average molecular weight is 512 g/mol. The Morgan fingerprint density at radius 2 is 2.21 bits per heavy atom. The topological polar surface area (TPSA) is 198 Å². The number of nitrogens with two attached hydrogens (primary N) is 1. The fourth-order valence-corrected chi connectivity index (χ4v) is 6.28. The second-order valence-electron chi connectivity index (χ2n) is 6.88. The predicted octanol–water partition coefficient (Wildman–Crippen LogP) is -1.09. The van der Waals surface area contributed by atoms with Crippen LogP contribution in [0.25, 0.3) is 0 Å². The van der Waals surface area contributed by atoms with Gasteiger partial charge < -0.3 is 21.5 Å². The fourth-order valence-electron chi connectivity index (χ4n) is 3.31. The summed E-state index contributed by atoms with van der Waals surface area (Å²) < 4.78 is 5.37. The molecule has 0 saturated carbocycles. The summed E-state index contributed by atoms with van der Waals surface area (Å²) in [5.74, 6) is -1.80. The van der Waals surface area contributed by atoms with E-state index in [0.717, 1.165) is 11.5 Å². The number of carbonyl (C=O) groups is 4. The quantitative estimate of drug-likeness (QED) is 0.248. The minimum atomic E-state index is -1.23. The molecule has 4 heterocycles. The van der Waals surface area contributed by atoms with Crippen molar-refractivity contribution in [1.82, 2.24) is 40.1 Å². The highest BCUT2D eigenvalue weighted by Crippen LogP contribution is 2.41. The van der Waals surface area contributed by atoms with Gasteiger partial charge in [0.1, 0.15) is 23.2 Å². The van der Waals surface area contributed by atoms with Gasteiger partial charge >= 0.3 is 12.0 Å². The van der Waals surface area contributed by atoms with Crippen molar-refractivity contribution in [3.63, 3.8) is 0 Å². The number of aryl methyl sites for hydroxylation is 1. The van der Waals surface area contributed by atoms with E-state index in [4.69, 9.17) is 5.73 Å². The molecule has 2 aliphatic rings. The molecule has 4 rings (SSSR count). The van der Waals surface area contributed by atoms with Crippen LogP contribution in [0.2, 0.25) is 0 Å². The van der Waals surface area contributed by atoms with Crippen LogP contribution in [0, 0.1) is 0 Å². The molecule has 1 fully saturated rings. The lowest BCUT2D eigenvalue weighted by atomic mass is 10.0. The molecular formula is C16H17N9O5S3. The van der Waals surface area contributed by atoms with E-state index in [-0.39, 0.29) is 11.4 Å². The number of tetrazole rings is 1. The maximum atomic E-state index is 12.8. The largest absolute Gasteiger partial charge is 0.477 e. The van der Waals surface area contributed by atoms with Crippen molar-refractivity contribution in [2.45, 2.75) is 22.6 Å². The molecule has 33 heavy (non-hydrogen) atoms. The Morgan fingerprint density at radius 3 is 2.82 bits per heavy atom. The number of rotatable bonds is 8. The van der Waals surface area contributed by atoms with Gasteiger partial charge in [-0.2, -0.15) is 0 Å². The highest BCUT2D eigenvalue weighted by Gasteiger charge is 2.54. The van der Waals surface area contributed by atoms with Gasteiger partial charge in [-0.1, -0.05) is 11.8 Å². The van der Waals surface area contributed by atoms with Gasteiger partial charge in [0, 0.05) is 24.8 Å². The van der Waals surface area contributed by atoms with Gasteiger partial charge in [0.15, 0.2) is 0 Å². The third-order valence-corrected chi connectivity index (χ3v) is 8.04. The molecule has 0 spiro atoms. The monoisotopic (exact) mass is 511 g/mol. The number of carbonyl (C=O) groups excluding carboxylic acids is 3. The molecule has 5 N–H and O–H groups in total. The van der Waals surface area contributed by atoms with E-state index in [1.807, 2.05) is 0 Å². The zero-order valence-corrected chi connectivity index (χ0v) is 19.3. The number of primary amides is 1. The van der Waals surface area contributed by atoms with Crippen LogP contribution in [0.5, 0.6) is 0 Å². The zero-order chi connectivity index (χ0) is 23.7. The minimum absolute atomic E-state index is 0.105. The zero-order valence-electron chi connectivity index (χ0n) is 16.9. The summed E-state index contributed by atoms with van der Waals surface area (Å²) in [4.78, 5) is 50.6. The van der Waals surface area contributed by atoms with Crippen LogP contribution in [-0.4, -0.2) is 81.3 Å². The Kier molecular flexibility index (Phi) is 6.52. The molecule has 174 valence electrons. The molecule has 3 atom stereocenters. The molecule has 1 saturated heterocycles. The number of urea groups is 1. The molecular weight excluding hydrogens is 494 g/mol. The van der Waals surface area contributed by atoms with Crippen LogP contribution in [0.4, 0.5) is 4.79 Å². The number of carboxylic acids is 1. The minimum Gasteiger partial charge on any atom is -0.477 e. The van der Waals surface area contributed by atoms with Crippen molar-refractivity contribution in [3.8, 4) is 0 Å². The smallest absolute Gasteiger partial charge is 0.352 e. The lowest BCUT2D eigenvalue weighted by Crippen LogP contribution is -2.71. The number of aromatic nitrogens is 5. The van der Waals surface area contributed by atoms with E-state index in [0.29, 0.717) is 21.4 Å². The molecule has 2 aromatic rings. The van der Waals surface area contributed by atoms with Crippen molar-refractivity contribution < 1.29 is 24.3 Å². The van der Waals surface area contributed by atoms with Crippen LogP contribution >= 0.6 is 35.1 Å². The second-order valence-corrected chi connectivity index (χ2v) is 9.80. The van der Waals surface area contributed by atoms with Crippen molar-refractivity contribution >= 4 is 58.9 Å². The van der Waals surface area contributed by atoms with Crippen molar-refractivity contribution in [3.05, 3.63) is 28.4 Å². The molecule has 0 aliphatic carbocycles. The number of hydrogen-bond donors (Lipinski definition) is 4. The third-order valence-electron chi connectivity index (χ3n) is 4.80. The summed E-state index contributed by atoms with van der Waals surface area (Å²) in [6.45, 7) is 0. The Labute approximate surface area is 198 Å². The first kappa shape index (κ1) is 23.0. The summed E-state index contributed by atoms with van der Waals surface area (Å²) in [6, 6.07) is -1.42. The Hall–Kier alpha value is -3.18. The summed E-state index contributed by atoms with van der Waals surface area (Å²) in [6.07, 6.45) is 1.47. The number of hydrogen-bond acceptors (Lipinski definition) is 11. The molecule has 0 aromatic carbocycles. The van der Waals surface area contributed by atoms with E-state index in [1.165, 1.54) is 39.3 Å². The average Bonchev–Trinajstić information content (AvgIpc) is 3.45. The van der Waals surface area contributed by atoms with Gasteiger partial charge in [0.25, 0.3) is 5.91 Å². The maximum Gasteiger partial charge on any atom is 0.352 e. The van der Waals surface area contributed by atoms with Crippen molar-refractivity contribution in [2.75, 3.05) is 11.5 Å². The third kappa shape index (κ3) is 4.51. The predicted molar refractivity (Wildman–Crippen MR) is 117 cm³/mol. The van der Waals surface area contributed by atoms with Crippen molar-refractivity contribution in [1.29, 1.82) is 0 Å². The van der Waals surface area contributed by atoms with Crippen LogP contribution in [0.15, 0.2) is 28.7 Å². The van der Waals surface area contributed by atoms with Gasteiger partial charge in [0.2, 0.25) is 11.1 Å². The summed E-state index contributed by atoms with van der Waals surface area (Å²) >= 11 is 3.60. The Morgan fingerprint density at radius 1 is 1.42 bits per heavy atom. The number of aliphatic carboxylic acids is 1. The lowest BCUT2D eigenvalue weighted by molar-refractivity contribution is -0.150. The summed E-state index contributed by atoms with van der Waals surface area (Å²) in [7, 11) is 1.67. The SMILES string of the molecule is Cn1nnnc1SCC1=C(C(=O)O)N2C(=O)[C@H](NC(=O)C(NC(N)=O)c3ccns3)C2SC1. The maximum absolute atomic E-state index is 12.8. The first-order valence-electron chi connectivity index (χ1n) is 9.30. The van der Waals surface area contributed by atoms with E-state index < -0.39 is 41.3 Å². The second kappa shape index (κ2) is 9.36. The first-order chi connectivity index (χ1) is 15.8. The highest BCUT2D eigenvalue weighted by atomic mass is 32.2. The molecule has 0 radical (unpaired) electrons. The molecule has 2 aliphatic heterocycles. The molecule has 2 unspecified atom stereocenters. The summed E-state index contributed by atoms with van der Waals surface area (Å²) in [5.41, 5.74) is 5.62. The number of fused-ring (bicyclic) bond motifs is 1. The van der Waals surface area contributed by atoms with Gasteiger partial charge in [-0.3, -0.25) is 14.5 Å². The molecule has 0 bridgehead atoms. The number of nitrogens with zero attached hydrogens (tertiary/aromatic N) is 6. The van der Waals surface area contributed by atoms with E-state index in [2.05, 4.69) is 30.5 Å². The van der Waals surface area contributed by atoms with E-state index in [9.17, 15) is 24.3 Å². The van der Waals surface area contributed by atoms with Gasteiger partial charge in [0.05, 0.1) is 4.88 Å². The van der Waals surface area contributed by atoms with Crippen LogP contribution in [-0.2, 0) is 21.4 Å². The van der Waals surface area contributed by atoms with Crippen molar-refractivity contribution in [2.24, 2.45) is 12.8 Å². The lowest BCUT2D eigenvalue weighted by Gasteiger charge is -2.49. The molecule has 2 aromatic heterocycles. The van der Waals surface area contributed by atoms with Gasteiger partial charge in [-0.15, -0.1) is 16.9 Å². The fraction of sp³-hybridized carbons (Fsp3) is 0.375. The highest BCUT2D eigenvalue weighted by molar-refractivity contribution is 8.01. The number of thioether (sulfide) groups is 2. The number of nitrogens with one attached hydrogen (secondary N) is 2. The Bertz CT molecular complexity index is 1130. The van der Waals surface area contributed by atoms with Gasteiger partial charge in [-0.25, -0.2) is 18.6 Å². The normalized spacial score (nSPS) is 20.6. The number of amides is 4. The standard InChI is InChI=1S/C16H17N9O5S3/c1-24-16(21-22-23-24)32-5-6-4-31-13-9(12(27)25(13)10(6)14(28)29)19-11(26)8(20-15(17)30)7-2-3-18-33-7/h2-3,8-9,13H,4-5H2,1H3,(H,19,26)(H,28,29)(H3,17,20,30)/t8?,9-,13?/m0/s1. The van der Waals surface area contributed by atoms with Gasteiger partial charge in [-0.05, 0) is 33.6 Å². The number of β-lactam (4-membered cyclic amide) rings is 1. The van der Waals surface area contributed by atoms with Crippen LogP contribution < -0.4 is 16.4 Å². The van der Waals surface area contributed by atoms with Crippen LogP contribution in [0.1, 0.15) is 10.9 Å². The van der Waals surface area contributed by atoms with Crippen LogP contribution in [0.3, 0.4) is 0 Å². The Balaban J connectivity index is 1.48. The molecule has 14 nitrogen and oxygen atoms in total. The van der Waals surface area contributed by atoms with E-state index >= 15 is 0 Å². The molecule has 4 amide bonds.